The Kier molecular flexibility index (Phi) is 4.61. The van der Waals surface area contributed by atoms with Gasteiger partial charge in [-0.05, 0) is 45.9 Å². The highest BCUT2D eigenvalue weighted by Crippen LogP contribution is 2.30. The molecule has 3 nitrogen and oxygen atoms in total. The Morgan fingerprint density at radius 2 is 2.00 bits per heavy atom. The van der Waals surface area contributed by atoms with Gasteiger partial charge < -0.3 is 5.32 Å². The minimum absolute atomic E-state index is 0.133. The maximum Gasteiger partial charge on any atom is 0.0652 e. The van der Waals surface area contributed by atoms with Gasteiger partial charge in [0.05, 0.1) is 22.4 Å². The van der Waals surface area contributed by atoms with E-state index in [1.807, 2.05) is 23.7 Å². The molecule has 0 radical (unpaired) electrons. The predicted octanol–water partition coefficient (Wildman–Crippen LogP) is 5.00. The van der Waals surface area contributed by atoms with E-state index in [1.54, 1.807) is 6.07 Å². The van der Waals surface area contributed by atoms with Crippen molar-refractivity contribution in [1.29, 1.82) is 0 Å². The van der Waals surface area contributed by atoms with Crippen molar-refractivity contribution in [1.82, 2.24) is 9.78 Å². The van der Waals surface area contributed by atoms with Crippen molar-refractivity contribution < 1.29 is 0 Å². The number of aromatic nitrogens is 2. The third-order valence-corrected chi connectivity index (χ3v) is 4.02. The van der Waals surface area contributed by atoms with Crippen LogP contribution < -0.4 is 5.32 Å². The van der Waals surface area contributed by atoms with Crippen LogP contribution in [0.2, 0.25) is 10.0 Å². The van der Waals surface area contributed by atoms with E-state index in [0.29, 0.717) is 10.0 Å². The van der Waals surface area contributed by atoms with Gasteiger partial charge in [0.15, 0.2) is 0 Å². The average Bonchev–Trinajstić information content (AvgIpc) is 2.67. The molecule has 0 aliphatic heterocycles. The summed E-state index contributed by atoms with van der Waals surface area (Å²) in [5, 5.41) is 9.24. The van der Waals surface area contributed by atoms with Crippen LogP contribution in [-0.4, -0.2) is 9.78 Å². The molecule has 0 saturated carbocycles. The molecular weight excluding hydrogens is 293 g/mol. The molecule has 0 bridgehead atoms. The van der Waals surface area contributed by atoms with Gasteiger partial charge in [-0.15, -0.1) is 0 Å². The number of nitrogens with zero attached hydrogens (tertiary/aromatic N) is 2. The van der Waals surface area contributed by atoms with Crippen molar-refractivity contribution in [2.45, 2.75) is 40.3 Å². The van der Waals surface area contributed by atoms with E-state index >= 15 is 0 Å². The summed E-state index contributed by atoms with van der Waals surface area (Å²) in [4.78, 5) is 0. The number of nitrogens with one attached hydrogen (secondary N) is 1. The first-order chi connectivity index (χ1) is 9.43. The fourth-order valence-electron chi connectivity index (χ4n) is 2.56. The van der Waals surface area contributed by atoms with Crippen LogP contribution in [0.25, 0.3) is 0 Å². The van der Waals surface area contributed by atoms with E-state index in [0.717, 1.165) is 17.9 Å². The van der Waals surface area contributed by atoms with Crippen LogP contribution in [0.1, 0.15) is 36.8 Å². The van der Waals surface area contributed by atoms with E-state index in [-0.39, 0.29) is 6.04 Å². The highest BCUT2D eigenvalue weighted by atomic mass is 35.5. The summed E-state index contributed by atoms with van der Waals surface area (Å²) in [5.74, 6) is 0. The number of hydrogen-bond donors (Lipinski definition) is 1. The molecule has 108 valence electrons. The largest absolute Gasteiger partial charge is 0.377 e. The number of aryl methyl sites for hydroxylation is 2. The lowest BCUT2D eigenvalue weighted by atomic mass is 10.1. The van der Waals surface area contributed by atoms with Crippen LogP contribution in [0.4, 0.5) is 5.69 Å². The average molecular weight is 312 g/mol. The lowest BCUT2D eigenvalue weighted by Crippen LogP contribution is -2.09. The topological polar surface area (TPSA) is 29.9 Å². The summed E-state index contributed by atoms with van der Waals surface area (Å²) < 4.78 is 2.02. The lowest BCUT2D eigenvalue weighted by Gasteiger charge is -2.17. The molecule has 2 aromatic rings. The Labute approximate surface area is 129 Å². The van der Waals surface area contributed by atoms with Gasteiger partial charge in [-0.3, -0.25) is 4.68 Å². The molecule has 1 aromatic carbocycles. The zero-order valence-electron chi connectivity index (χ0n) is 12.2. The van der Waals surface area contributed by atoms with Gasteiger partial charge in [0.25, 0.3) is 0 Å². The van der Waals surface area contributed by atoms with Gasteiger partial charge >= 0.3 is 0 Å². The first-order valence-electron chi connectivity index (χ1n) is 6.69. The van der Waals surface area contributed by atoms with Gasteiger partial charge in [0, 0.05) is 22.8 Å². The van der Waals surface area contributed by atoms with Crippen LogP contribution in [-0.2, 0) is 6.54 Å². The molecule has 0 aliphatic carbocycles. The molecular formula is C15H19Cl2N3. The molecule has 0 spiro atoms. The number of halogens is 2. The fraction of sp³-hybridized carbons (Fsp3) is 0.400. The van der Waals surface area contributed by atoms with Crippen LogP contribution in [0.3, 0.4) is 0 Å². The van der Waals surface area contributed by atoms with Gasteiger partial charge in [-0.25, -0.2) is 0 Å². The Morgan fingerprint density at radius 3 is 2.55 bits per heavy atom. The molecule has 1 N–H and O–H groups in total. The molecule has 1 heterocycles. The molecule has 0 amide bonds. The second-order valence-electron chi connectivity index (χ2n) is 4.89. The quantitative estimate of drug-likeness (QED) is 0.861. The minimum Gasteiger partial charge on any atom is -0.377 e. The standard InChI is InChI=1S/C15H19Cl2N3/c1-5-20-11(4)15(10(3)19-20)9(2)18-14-7-6-12(16)8-13(14)17/h6-9,18H,5H2,1-4H3. The Bertz CT molecular complexity index is 620. The summed E-state index contributed by atoms with van der Waals surface area (Å²) in [6, 6.07) is 5.61. The van der Waals surface area contributed by atoms with Crippen molar-refractivity contribution in [3.05, 3.63) is 45.2 Å². The molecule has 5 heteroatoms. The zero-order valence-corrected chi connectivity index (χ0v) is 13.7. The number of anilines is 1. The second kappa shape index (κ2) is 6.06. The summed E-state index contributed by atoms with van der Waals surface area (Å²) in [5.41, 5.74) is 4.34. The first-order valence-corrected chi connectivity index (χ1v) is 7.45. The van der Waals surface area contributed by atoms with Gasteiger partial charge in [0.2, 0.25) is 0 Å². The Balaban J connectivity index is 2.28. The Morgan fingerprint density at radius 1 is 1.30 bits per heavy atom. The first kappa shape index (κ1) is 15.2. The van der Waals surface area contributed by atoms with Crippen LogP contribution in [0, 0.1) is 13.8 Å². The monoisotopic (exact) mass is 311 g/mol. The summed E-state index contributed by atoms with van der Waals surface area (Å²) >= 11 is 12.1. The second-order valence-corrected chi connectivity index (χ2v) is 5.73. The zero-order chi connectivity index (χ0) is 14.9. The Hall–Kier alpha value is -1.19. The maximum atomic E-state index is 6.21. The molecule has 1 unspecified atom stereocenters. The number of benzene rings is 1. The molecule has 0 fully saturated rings. The van der Waals surface area contributed by atoms with Gasteiger partial charge in [-0.2, -0.15) is 5.10 Å². The predicted molar refractivity (Wildman–Crippen MR) is 85.9 cm³/mol. The molecule has 20 heavy (non-hydrogen) atoms. The van der Waals surface area contributed by atoms with Crippen molar-refractivity contribution in [2.24, 2.45) is 0 Å². The fourth-order valence-corrected chi connectivity index (χ4v) is 3.02. The molecule has 1 atom stereocenters. The van der Waals surface area contributed by atoms with Crippen molar-refractivity contribution in [3.8, 4) is 0 Å². The molecule has 0 aliphatic rings. The van der Waals surface area contributed by atoms with E-state index < -0.39 is 0 Å². The van der Waals surface area contributed by atoms with Crippen LogP contribution in [0.15, 0.2) is 18.2 Å². The normalized spacial score (nSPS) is 12.5. The van der Waals surface area contributed by atoms with Crippen molar-refractivity contribution >= 4 is 28.9 Å². The van der Waals surface area contributed by atoms with Crippen LogP contribution >= 0.6 is 23.2 Å². The molecule has 0 saturated heterocycles. The minimum atomic E-state index is 0.133. The third-order valence-electron chi connectivity index (χ3n) is 3.47. The number of hydrogen-bond acceptors (Lipinski definition) is 2. The van der Waals surface area contributed by atoms with E-state index in [2.05, 4.69) is 31.2 Å². The summed E-state index contributed by atoms with van der Waals surface area (Å²) in [6.45, 7) is 9.22. The van der Waals surface area contributed by atoms with Crippen molar-refractivity contribution in [3.63, 3.8) is 0 Å². The van der Waals surface area contributed by atoms with E-state index in [4.69, 9.17) is 23.2 Å². The molecule has 1 aromatic heterocycles. The van der Waals surface area contributed by atoms with E-state index in [9.17, 15) is 0 Å². The lowest BCUT2D eigenvalue weighted by molar-refractivity contribution is 0.632. The summed E-state index contributed by atoms with van der Waals surface area (Å²) in [6.07, 6.45) is 0. The summed E-state index contributed by atoms with van der Waals surface area (Å²) in [7, 11) is 0. The maximum absolute atomic E-state index is 6.21. The van der Waals surface area contributed by atoms with Crippen LogP contribution in [0.5, 0.6) is 0 Å². The molecule has 2 rings (SSSR count). The SMILES string of the molecule is CCn1nc(C)c(C(C)Nc2ccc(Cl)cc2Cl)c1C. The van der Waals surface area contributed by atoms with Crippen molar-refractivity contribution in [2.75, 3.05) is 5.32 Å². The third kappa shape index (κ3) is 2.94. The highest BCUT2D eigenvalue weighted by Gasteiger charge is 2.17. The smallest absolute Gasteiger partial charge is 0.0652 e. The van der Waals surface area contributed by atoms with E-state index in [1.165, 1.54) is 11.3 Å². The number of rotatable bonds is 4. The van der Waals surface area contributed by atoms with Gasteiger partial charge in [0.1, 0.15) is 0 Å². The van der Waals surface area contributed by atoms with Gasteiger partial charge in [-0.1, -0.05) is 23.2 Å². The highest BCUT2D eigenvalue weighted by molar-refractivity contribution is 6.36.